The number of aromatic nitrogens is 1. The Labute approximate surface area is 229 Å². The van der Waals surface area contributed by atoms with Gasteiger partial charge < -0.3 is 37.1 Å². The molecule has 39 heavy (non-hydrogen) atoms. The summed E-state index contributed by atoms with van der Waals surface area (Å²) in [5.41, 5.74) is 13.4. The average Bonchev–Trinajstić information content (AvgIpc) is 3.58. The van der Waals surface area contributed by atoms with Crippen LogP contribution in [0.2, 0.25) is 0 Å². The molecule has 1 aromatic heterocycles. The SMILES string of the molecule is CCC(C)C(NC(=O)C1CCCN1C(=O)C(Cc1c[nH]c2ccccc12)NC(=O)C(N)CCCCN)C(=O)O. The highest BCUT2D eigenvalue weighted by molar-refractivity contribution is 5.95. The number of carbonyl (C=O) groups is 4. The van der Waals surface area contributed by atoms with Crippen molar-refractivity contribution in [2.75, 3.05) is 13.1 Å². The van der Waals surface area contributed by atoms with Gasteiger partial charge in [0.25, 0.3) is 0 Å². The minimum absolute atomic E-state index is 0.208. The fraction of sp³-hybridized carbons (Fsp3) is 0.571. The molecule has 8 N–H and O–H groups in total. The van der Waals surface area contributed by atoms with Crippen molar-refractivity contribution in [3.63, 3.8) is 0 Å². The summed E-state index contributed by atoms with van der Waals surface area (Å²) in [7, 11) is 0. The Morgan fingerprint density at radius 2 is 1.92 bits per heavy atom. The summed E-state index contributed by atoms with van der Waals surface area (Å²) >= 11 is 0. The van der Waals surface area contributed by atoms with Gasteiger partial charge in [0, 0.05) is 30.1 Å². The zero-order valence-corrected chi connectivity index (χ0v) is 22.8. The Morgan fingerprint density at radius 1 is 1.18 bits per heavy atom. The number of hydrogen-bond acceptors (Lipinski definition) is 6. The minimum Gasteiger partial charge on any atom is -0.480 e. The van der Waals surface area contributed by atoms with E-state index in [-0.39, 0.29) is 12.3 Å². The topological polar surface area (TPSA) is 184 Å². The van der Waals surface area contributed by atoms with Crippen LogP contribution in [0, 0.1) is 5.92 Å². The Balaban J connectivity index is 1.82. The number of aliphatic carboxylic acids is 1. The van der Waals surface area contributed by atoms with E-state index in [1.807, 2.05) is 37.4 Å². The maximum absolute atomic E-state index is 13.9. The van der Waals surface area contributed by atoms with Crippen LogP contribution in [0.1, 0.15) is 57.9 Å². The number of aromatic amines is 1. The van der Waals surface area contributed by atoms with E-state index in [1.165, 1.54) is 4.90 Å². The van der Waals surface area contributed by atoms with Crippen molar-refractivity contribution in [2.24, 2.45) is 17.4 Å². The Bertz CT molecular complexity index is 1150. The van der Waals surface area contributed by atoms with Crippen molar-refractivity contribution in [1.29, 1.82) is 0 Å². The summed E-state index contributed by atoms with van der Waals surface area (Å²) in [6.45, 7) is 4.46. The maximum Gasteiger partial charge on any atom is 0.326 e. The molecule has 11 heteroatoms. The van der Waals surface area contributed by atoms with E-state index < -0.39 is 47.9 Å². The molecule has 5 atom stereocenters. The summed E-state index contributed by atoms with van der Waals surface area (Å²) in [6.07, 6.45) is 5.50. The van der Waals surface area contributed by atoms with Gasteiger partial charge in [-0.05, 0) is 49.8 Å². The van der Waals surface area contributed by atoms with Crippen molar-refractivity contribution in [1.82, 2.24) is 20.5 Å². The summed E-state index contributed by atoms with van der Waals surface area (Å²) in [5, 5.41) is 16.0. The Morgan fingerprint density at radius 3 is 2.62 bits per heavy atom. The molecule has 1 aromatic carbocycles. The van der Waals surface area contributed by atoms with Crippen LogP contribution >= 0.6 is 0 Å². The molecule has 0 bridgehead atoms. The predicted octanol–water partition coefficient (Wildman–Crippen LogP) is 1.26. The standard InChI is InChI=1S/C28H42N6O5/c1-3-17(2)24(28(38)39)33-26(36)23-12-8-14-34(23)27(37)22(32-25(35)20(30)10-6-7-13-29)15-18-16-31-21-11-5-4-9-19(18)21/h4-5,9,11,16-17,20,22-24,31H,3,6-8,10,12-15,29-30H2,1-2H3,(H,32,35)(H,33,36)(H,38,39). The molecular weight excluding hydrogens is 500 g/mol. The second-order valence-corrected chi connectivity index (χ2v) is 10.4. The van der Waals surface area contributed by atoms with E-state index >= 15 is 0 Å². The number of unbranched alkanes of at least 4 members (excludes halogenated alkanes) is 1. The van der Waals surface area contributed by atoms with E-state index in [2.05, 4.69) is 15.6 Å². The molecule has 0 aliphatic carbocycles. The van der Waals surface area contributed by atoms with Crippen molar-refractivity contribution in [2.45, 2.75) is 83.0 Å². The number of nitrogens with zero attached hydrogens (tertiary/aromatic N) is 1. The molecule has 5 unspecified atom stereocenters. The van der Waals surface area contributed by atoms with Gasteiger partial charge in [0.2, 0.25) is 17.7 Å². The molecule has 0 radical (unpaired) electrons. The molecule has 214 valence electrons. The highest BCUT2D eigenvalue weighted by Crippen LogP contribution is 2.23. The molecule has 11 nitrogen and oxygen atoms in total. The fourth-order valence-corrected chi connectivity index (χ4v) is 5.07. The predicted molar refractivity (Wildman–Crippen MR) is 149 cm³/mol. The monoisotopic (exact) mass is 542 g/mol. The molecule has 3 rings (SSSR count). The van der Waals surface area contributed by atoms with Crippen LogP contribution in [-0.4, -0.2) is 75.9 Å². The van der Waals surface area contributed by atoms with Crippen LogP contribution in [0.25, 0.3) is 10.9 Å². The van der Waals surface area contributed by atoms with Crippen LogP contribution in [0.3, 0.4) is 0 Å². The molecule has 3 amide bonds. The van der Waals surface area contributed by atoms with Gasteiger partial charge in [-0.25, -0.2) is 4.79 Å². The number of fused-ring (bicyclic) bond motifs is 1. The number of H-pyrrole nitrogens is 1. The Kier molecular flexibility index (Phi) is 10.9. The van der Waals surface area contributed by atoms with Crippen LogP contribution in [0.5, 0.6) is 0 Å². The van der Waals surface area contributed by atoms with Gasteiger partial charge in [0.05, 0.1) is 6.04 Å². The number of rotatable bonds is 14. The molecule has 2 heterocycles. The van der Waals surface area contributed by atoms with Gasteiger partial charge in [0.1, 0.15) is 18.1 Å². The van der Waals surface area contributed by atoms with E-state index in [1.54, 1.807) is 6.92 Å². The lowest BCUT2D eigenvalue weighted by atomic mass is 9.98. The first-order valence-corrected chi connectivity index (χ1v) is 13.8. The third-order valence-corrected chi connectivity index (χ3v) is 7.63. The summed E-state index contributed by atoms with van der Waals surface area (Å²) in [4.78, 5) is 56.5. The van der Waals surface area contributed by atoms with Crippen LogP contribution in [-0.2, 0) is 25.6 Å². The van der Waals surface area contributed by atoms with Gasteiger partial charge in [-0.2, -0.15) is 0 Å². The van der Waals surface area contributed by atoms with Crippen molar-refractivity contribution in [3.8, 4) is 0 Å². The largest absolute Gasteiger partial charge is 0.480 e. The second kappa shape index (κ2) is 14.1. The molecular formula is C28H42N6O5. The van der Waals surface area contributed by atoms with E-state index in [0.29, 0.717) is 45.2 Å². The number of hydrogen-bond donors (Lipinski definition) is 6. The highest BCUT2D eigenvalue weighted by atomic mass is 16.4. The molecule has 0 spiro atoms. The lowest BCUT2D eigenvalue weighted by Crippen LogP contribution is -2.57. The van der Waals surface area contributed by atoms with Gasteiger partial charge >= 0.3 is 5.97 Å². The molecule has 1 aliphatic rings. The molecule has 1 fully saturated rings. The first kappa shape index (κ1) is 30.1. The number of benzene rings is 1. The Hall–Kier alpha value is -3.44. The normalized spacial score (nSPS) is 18.4. The van der Waals surface area contributed by atoms with Gasteiger partial charge in [0.15, 0.2) is 0 Å². The quantitative estimate of drug-likeness (QED) is 0.194. The number of carboxylic acid groups (broad SMARTS) is 1. The van der Waals surface area contributed by atoms with Crippen molar-refractivity contribution < 1.29 is 24.3 Å². The number of carbonyl (C=O) groups excluding carboxylic acids is 3. The first-order valence-electron chi connectivity index (χ1n) is 13.8. The van der Waals surface area contributed by atoms with E-state index in [4.69, 9.17) is 11.5 Å². The van der Waals surface area contributed by atoms with Crippen molar-refractivity contribution in [3.05, 3.63) is 36.0 Å². The lowest BCUT2D eigenvalue weighted by Gasteiger charge is -2.30. The third kappa shape index (κ3) is 7.57. The number of likely N-dealkylation sites (tertiary alicyclic amines) is 1. The average molecular weight is 543 g/mol. The number of nitrogens with one attached hydrogen (secondary N) is 3. The molecule has 1 aliphatic heterocycles. The van der Waals surface area contributed by atoms with Crippen LogP contribution in [0.15, 0.2) is 30.5 Å². The number of nitrogens with two attached hydrogens (primary N) is 2. The van der Waals surface area contributed by atoms with E-state index in [0.717, 1.165) is 22.9 Å². The first-order chi connectivity index (χ1) is 18.7. The minimum atomic E-state index is -1.11. The molecule has 0 saturated carbocycles. The number of carboxylic acids is 1. The van der Waals surface area contributed by atoms with Crippen LogP contribution < -0.4 is 22.1 Å². The summed E-state index contributed by atoms with van der Waals surface area (Å²) in [5.74, 6) is -2.71. The summed E-state index contributed by atoms with van der Waals surface area (Å²) in [6, 6.07) is 4.07. The van der Waals surface area contributed by atoms with Crippen LogP contribution in [0.4, 0.5) is 0 Å². The fourth-order valence-electron chi connectivity index (χ4n) is 5.07. The van der Waals surface area contributed by atoms with Gasteiger partial charge in [-0.3, -0.25) is 14.4 Å². The van der Waals surface area contributed by atoms with E-state index in [9.17, 15) is 24.3 Å². The third-order valence-electron chi connectivity index (χ3n) is 7.63. The van der Waals surface area contributed by atoms with Gasteiger partial charge in [-0.15, -0.1) is 0 Å². The second-order valence-electron chi connectivity index (χ2n) is 10.4. The number of amides is 3. The summed E-state index contributed by atoms with van der Waals surface area (Å²) < 4.78 is 0. The smallest absolute Gasteiger partial charge is 0.326 e. The highest BCUT2D eigenvalue weighted by Gasteiger charge is 2.40. The lowest BCUT2D eigenvalue weighted by molar-refractivity contribution is -0.146. The molecule has 2 aromatic rings. The maximum atomic E-state index is 13.9. The zero-order valence-electron chi connectivity index (χ0n) is 22.8. The number of para-hydroxylation sites is 1. The molecule has 1 saturated heterocycles. The van der Waals surface area contributed by atoms with Crippen molar-refractivity contribution >= 4 is 34.6 Å². The zero-order chi connectivity index (χ0) is 28.5. The van der Waals surface area contributed by atoms with Gasteiger partial charge in [-0.1, -0.05) is 44.9 Å².